The van der Waals surface area contributed by atoms with E-state index in [1.807, 2.05) is 6.92 Å². The Bertz CT molecular complexity index is 685. The van der Waals surface area contributed by atoms with E-state index in [4.69, 9.17) is 0 Å². The monoisotopic (exact) mass is 306 g/mol. The second kappa shape index (κ2) is 6.22. The predicted molar refractivity (Wildman–Crippen MR) is 85.9 cm³/mol. The maximum Gasteiger partial charge on any atom is 0.279 e. The second-order valence-electron chi connectivity index (χ2n) is 5.77. The largest absolute Gasteiger partial charge is 0.309 e. The summed E-state index contributed by atoms with van der Waals surface area (Å²) in [6.45, 7) is 4.87. The lowest BCUT2D eigenvalue weighted by atomic mass is 9.89. The number of thioether (sulfide) groups is 1. The van der Waals surface area contributed by atoms with Crippen LogP contribution in [0.5, 0.6) is 0 Å². The quantitative estimate of drug-likeness (QED) is 0.882. The van der Waals surface area contributed by atoms with E-state index < -0.39 is 0 Å². The Balaban J connectivity index is 2.04. The molecule has 21 heavy (non-hydrogen) atoms. The molecule has 1 N–H and O–H groups in total. The fourth-order valence-electron chi connectivity index (χ4n) is 3.13. The third-order valence-electron chi connectivity index (χ3n) is 4.13. The molecule has 3 rings (SSSR count). The molecule has 1 fully saturated rings. The zero-order chi connectivity index (χ0) is 14.8. The van der Waals surface area contributed by atoms with E-state index in [9.17, 15) is 4.79 Å². The topological polar surface area (TPSA) is 63.6 Å². The Morgan fingerprint density at radius 3 is 2.76 bits per heavy atom. The minimum absolute atomic E-state index is 0.127. The molecule has 0 spiro atoms. The van der Waals surface area contributed by atoms with Crippen molar-refractivity contribution in [2.24, 2.45) is 5.92 Å². The van der Waals surface area contributed by atoms with Gasteiger partial charge in [-0.1, -0.05) is 37.9 Å². The molecule has 0 saturated heterocycles. The standard InChI is InChI=1S/C15H22N4OS/c1-3-21-15-18-12-13(16-10(2)17-14(12)20)19(15)9-11-7-5-4-6-8-11/h11H,3-9H2,1-2H3,(H,16,17,20). The summed E-state index contributed by atoms with van der Waals surface area (Å²) in [6, 6.07) is 0. The van der Waals surface area contributed by atoms with Crippen molar-refractivity contribution in [3.05, 3.63) is 16.2 Å². The van der Waals surface area contributed by atoms with Gasteiger partial charge in [-0.3, -0.25) is 4.79 Å². The number of rotatable bonds is 4. The molecule has 0 aromatic carbocycles. The molecule has 0 radical (unpaired) electrons. The maximum atomic E-state index is 12.1. The number of hydrogen-bond donors (Lipinski definition) is 1. The van der Waals surface area contributed by atoms with E-state index in [0.717, 1.165) is 23.1 Å². The fraction of sp³-hybridized carbons (Fsp3) is 0.667. The predicted octanol–water partition coefficient (Wildman–Crippen LogP) is 3.12. The van der Waals surface area contributed by atoms with Gasteiger partial charge in [0, 0.05) is 6.54 Å². The number of aromatic nitrogens is 4. The summed E-state index contributed by atoms with van der Waals surface area (Å²) >= 11 is 1.69. The number of aromatic amines is 1. The number of nitrogens with zero attached hydrogens (tertiary/aromatic N) is 3. The van der Waals surface area contributed by atoms with Crippen LogP contribution in [-0.4, -0.2) is 25.3 Å². The Morgan fingerprint density at radius 2 is 2.05 bits per heavy atom. The minimum Gasteiger partial charge on any atom is -0.309 e. The molecule has 2 aromatic rings. The maximum absolute atomic E-state index is 12.1. The summed E-state index contributed by atoms with van der Waals surface area (Å²) in [7, 11) is 0. The summed E-state index contributed by atoms with van der Waals surface area (Å²) in [5.41, 5.74) is 1.10. The molecule has 0 amide bonds. The lowest BCUT2D eigenvalue weighted by molar-refractivity contribution is 0.314. The summed E-state index contributed by atoms with van der Waals surface area (Å²) in [5.74, 6) is 2.30. The first kappa shape index (κ1) is 14.6. The first-order valence-corrected chi connectivity index (χ1v) is 8.77. The van der Waals surface area contributed by atoms with Crippen LogP contribution in [0.4, 0.5) is 0 Å². The summed E-state index contributed by atoms with van der Waals surface area (Å²) in [4.78, 5) is 23.9. The van der Waals surface area contributed by atoms with Gasteiger partial charge in [-0.25, -0.2) is 9.97 Å². The van der Waals surface area contributed by atoms with Crippen LogP contribution >= 0.6 is 11.8 Å². The van der Waals surface area contributed by atoms with Gasteiger partial charge in [-0.2, -0.15) is 0 Å². The van der Waals surface area contributed by atoms with Crippen molar-refractivity contribution < 1.29 is 0 Å². The number of aryl methyl sites for hydroxylation is 1. The second-order valence-corrected chi connectivity index (χ2v) is 7.00. The highest BCUT2D eigenvalue weighted by Crippen LogP contribution is 2.28. The molecular formula is C15H22N4OS. The molecule has 1 saturated carbocycles. The van der Waals surface area contributed by atoms with Crippen molar-refractivity contribution in [1.29, 1.82) is 0 Å². The van der Waals surface area contributed by atoms with E-state index in [2.05, 4.69) is 26.4 Å². The molecule has 5 nitrogen and oxygen atoms in total. The SMILES string of the molecule is CCSc1nc2c(=O)[nH]c(C)nc2n1CC1CCCCC1. The zero-order valence-corrected chi connectivity index (χ0v) is 13.5. The van der Waals surface area contributed by atoms with E-state index in [1.165, 1.54) is 32.1 Å². The van der Waals surface area contributed by atoms with Gasteiger partial charge in [-0.15, -0.1) is 0 Å². The van der Waals surface area contributed by atoms with E-state index in [1.54, 1.807) is 11.8 Å². The zero-order valence-electron chi connectivity index (χ0n) is 12.7. The van der Waals surface area contributed by atoms with Gasteiger partial charge >= 0.3 is 0 Å². The molecule has 0 bridgehead atoms. The van der Waals surface area contributed by atoms with Gasteiger partial charge in [-0.05, 0) is 31.4 Å². The van der Waals surface area contributed by atoms with Gasteiger partial charge < -0.3 is 9.55 Å². The molecule has 2 aromatic heterocycles. The van der Waals surface area contributed by atoms with Gasteiger partial charge in [0.25, 0.3) is 5.56 Å². The van der Waals surface area contributed by atoms with Crippen molar-refractivity contribution in [1.82, 2.24) is 19.5 Å². The van der Waals surface area contributed by atoms with Crippen molar-refractivity contribution in [3.63, 3.8) is 0 Å². The Kier molecular flexibility index (Phi) is 4.33. The van der Waals surface area contributed by atoms with Crippen LogP contribution < -0.4 is 5.56 Å². The van der Waals surface area contributed by atoms with Gasteiger partial charge in [0.2, 0.25) is 0 Å². The first-order valence-electron chi connectivity index (χ1n) is 7.79. The number of imidazole rings is 1. The number of hydrogen-bond acceptors (Lipinski definition) is 4. The summed E-state index contributed by atoms with van der Waals surface area (Å²) < 4.78 is 2.17. The fourth-order valence-corrected chi connectivity index (χ4v) is 3.86. The van der Waals surface area contributed by atoms with Crippen molar-refractivity contribution >= 4 is 22.9 Å². The molecular weight excluding hydrogens is 284 g/mol. The highest BCUT2D eigenvalue weighted by atomic mass is 32.2. The Hall–Kier alpha value is -1.30. The third kappa shape index (κ3) is 3.00. The molecule has 0 atom stereocenters. The molecule has 0 aliphatic heterocycles. The van der Waals surface area contributed by atoms with Gasteiger partial charge in [0.05, 0.1) is 0 Å². The first-order chi connectivity index (χ1) is 10.2. The van der Waals surface area contributed by atoms with Gasteiger partial charge in [0.15, 0.2) is 16.3 Å². The van der Waals surface area contributed by atoms with Crippen LogP contribution in [0.15, 0.2) is 9.95 Å². The number of H-pyrrole nitrogens is 1. The highest BCUT2D eigenvalue weighted by Gasteiger charge is 2.20. The van der Waals surface area contributed by atoms with Crippen LogP contribution in [0.25, 0.3) is 11.2 Å². The van der Waals surface area contributed by atoms with Crippen LogP contribution in [-0.2, 0) is 6.54 Å². The van der Waals surface area contributed by atoms with E-state index in [0.29, 0.717) is 17.3 Å². The van der Waals surface area contributed by atoms with Crippen LogP contribution in [0, 0.1) is 12.8 Å². The van der Waals surface area contributed by atoms with Crippen LogP contribution in [0.1, 0.15) is 44.9 Å². The van der Waals surface area contributed by atoms with E-state index in [-0.39, 0.29) is 5.56 Å². The third-order valence-corrected chi connectivity index (χ3v) is 4.99. The normalized spacial score (nSPS) is 16.7. The number of fused-ring (bicyclic) bond motifs is 1. The molecule has 6 heteroatoms. The highest BCUT2D eigenvalue weighted by molar-refractivity contribution is 7.99. The average molecular weight is 306 g/mol. The average Bonchev–Trinajstić information content (AvgIpc) is 2.79. The van der Waals surface area contributed by atoms with Crippen molar-refractivity contribution in [3.8, 4) is 0 Å². The molecule has 1 aliphatic carbocycles. The lowest BCUT2D eigenvalue weighted by Gasteiger charge is -2.22. The lowest BCUT2D eigenvalue weighted by Crippen LogP contribution is -2.16. The molecule has 0 unspecified atom stereocenters. The number of nitrogens with one attached hydrogen (secondary N) is 1. The van der Waals surface area contributed by atoms with Crippen molar-refractivity contribution in [2.45, 2.75) is 57.7 Å². The smallest absolute Gasteiger partial charge is 0.279 e. The van der Waals surface area contributed by atoms with Crippen LogP contribution in [0.3, 0.4) is 0 Å². The summed E-state index contributed by atoms with van der Waals surface area (Å²) in [5, 5.41) is 0.932. The minimum atomic E-state index is -0.127. The molecule has 2 heterocycles. The summed E-state index contributed by atoms with van der Waals surface area (Å²) in [6.07, 6.45) is 6.55. The van der Waals surface area contributed by atoms with Crippen LogP contribution in [0.2, 0.25) is 0 Å². The van der Waals surface area contributed by atoms with Gasteiger partial charge in [0.1, 0.15) is 5.82 Å². The van der Waals surface area contributed by atoms with E-state index >= 15 is 0 Å². The Morgan fingerprint density at radius 1 is 1.29 bits per heavy atom. The van der Waals surface area contributed by atoms with Crippen molar-refractivity contribution in [2.75, 3.05) is 5.75 Å². The Labute approximate surface area is 128 Å². The molecule has 114 valence electrons. The molecule has 1 aliphatic rings.